The molecule has 1 N–H and O–H groups in total. The van der Waals surface area contributed by atoms with Crippen LogP contribution in [-0.4, -0.2) is 15.9 Å². The van der Waals surface area contributed by atoms with E-state index in [-0.39, 0.29) is 16.9 Å². The second-order valence-corrected chi connectivity index (χ2v) is 5.48. The summed E-state index contributed by atoms with van der Waals surface area (Å²) in [5, 5.41) is 0.459. The fourth-order valence-electron chi connectivity index (χ4n) is 2.39. The molecule has 5 nitrogen and oxygen atoms in total. The van der Waals surface area contributed by atoms with E-state index in [1.807, 2.05) is 0 Å². The minimum absolute atomic E-state index is 0.144. The molecule has 6 heteroatoms. The van der Waals surface area contributed by atoms with Crippen molar-refractivity contribution in [1.29, 1.82) is 0 Å². The SMILES string of the molecule is Cc1ccc(F)cc1C(=O)O[C@@H](C)c1nc2ccccc2c(=O)[nH]1. The van der Waals surface area contributed by atoms with Crippen molar-refractivity contribution in [1.82, 2.24) is 9.97 Å². The minimum atomic E-state index is -0.780. The van der Waals surface area contributed by atoms with Crippen LogP contribution in [0.3, 0.4) is 0 Å². The second-order valence-electron chi connectivity index (χ2n) is 5.48. The zero-order valence-corrected chi connectivity index (χ0v) is 13.2. The summed E-state index contributed by atoms with van der Waals surface area (Å²) >= 11 is 0. The van der Waals surface area contributed by atoms with Crippen molar-refractivity contribution in [3.63, 3.8) is 0 Å². The fraction of sp³-hybridized carbons (Fsp3) is 0.167. The Hall–Kier alpha value is -3.02. The molecule has 3 rings (SSSR count). The summed E-state index contributed by atoms with van der Waals surface area (Å²) in [6.07, 6.45) is -0.780. The van der Waals surface area contributed by atoms with Gasteiger partial charge in [-0.2, -0.15) is 0 Å². The minimum Gasteiger partial charge on any atom is -0.451 e. The van der Waals surface area contributed by atoms with Gasteiger partial charge < -0.3 is 9.72 Å². The van der Waals surface area contributed by atoms with E-state index in [2.05, 4.69) is 9.97 Å². The van der Waals surface area contributed by atoms with Gasteiger partial charge in [-0.15, -0.1) is 0 Å². The van der Waals surface area contributed by atoms with E-state index in [1.54, 1.807) is 38.1 Å². The molecule has 0 radical (unpaired) electrons. The summed E-state index contributed by atoms with van der Waals surface area (Å²) in [4.78, 5) is 31.2. The van der Waals surface area contributed by atoms with Gasteiger partial charge in [-0.3, -0.25) is 4.79 Å². The van der Waals surface area contributed by atoms with Gasteiger partial charge in [0.2, 0.25) is 0 Å². The molecule has 24 heavy (non-hydrogen) atoms. The number of esters is 1. The Morgan fingerprint density at radius 1 is 1.25 bits per heavy atom. The van der Waals surface area contributed by atoms with Gasteiger partial charge in [0.1, 0.15) is 5.82 Å². The van der Waals surface area contributed by atoms with Gasteiger partial charge in [-0.1, -0.05) is 18.2 Å². The molecule has 0 amide bonds. The Bertz CT molecular complexity index is 981. The first-order valence-electron chi connectivity index (χ1n) is 7.42. The zero-order chi connectivity index (χ0) is 17.3. The first kappa shape index (κ1) is 15.9. The molecule has 0 saturated carbocycles. The molecule has 1 aromatic heterocycles. The summed E-state index contributed by atoms with van der Waals surface area (Å²) in [6.45, 7) is 3.29. The van der Waals surface area contributed by atoms with Crippen molar-refractivity contribution < 1.29 is 13.9 Å². The molecule has 2 aromatic carbocycles. The lowest BCUT2D eigenvalue weighted by Crippen LogP contribution is -2.18. The summed E-state index contributed by atoms with van der Waals surface area (Å²) in [5.41, 5.74) is 0.958. The second kappa shape index (κ2) is 6.23. The van der Waals surface area contributed by atoms with Crippen molar-refractivity contribution in [2.45, 2.75) is 20.0 Å². The van der Waals surface area contributed by atoms with Gasteiger partial charge >= 0.3 is 5.97 Å². The molecule has 0 spiro atoms. The van der Waals surface area contributed by atoms with E-state index in [4.69, 9.17) is 4.74 Å². The molecule has 0 unspecified atom stereocenters. The Kier molecular flexibility index (Phi) is 4.12. The molecule has 1 heterocycles. The maximum atomic E-state index is 13.3. The number of aryl methyl sites for hydroxylation is 1. The number of ether oxygens (including phenoxy) is 1. The normalized spacial score (nSPS) is 12.1. The molecule has 0 aliphatic rings. The van der Waals surface area contributed by atoms with Gasteiger partial charge in [-0.25, -0.2) is 14.2 Å². The molecular weight excluding hydrogens is 311 g/mol. The summed E-state index contributed by atoms with van der Waals surface area (Å²) in [6, 6.07) is 10.8. The third-order valence-corrected chi connectivity index (χ3v) is 3.72. The number of aromatic amines is 1. The largest absolute Gasteiger partial charge is 0.451 e. The number of carbonyl (C=O) groups is 1. The number of rotatable bonds is 3. The Morgan fingerprint density at radius 2 is 2.00 bits per heavy atom. The molecule has 0 bridgehead atoms. The van der Waals surface area contributed by atoms with Gasteiger partial charge in [0.05, 0.1) is 16.5 Å². The van der Waals surface area contributed by atoms with Crippen LogP contribution in [0.25, 0.3) is 10.9 Å². The first-order valence-corrected chi connectivity index (χ1v) is 7.42. The molecular formula is C18H15FN2O3. The lowest BCUT2D eigenvalue weighted by molar-refractivity contribution is 0.0318. The van der Waals surface area contributed by atoms with Crippen LogP contribution in [0.1, 0.15) is 34.8 Å². The number of hydrogen-bond donors (Lipinski definition) is 1. The third-order valence-electron chi connectivity index (χ3n) is 3.72. The summed E-state index contributed by atoms with van der Waals surface area (Å²) in [7, 11) is 0. The highest BCUT2D eigenvalue weighted by Crippen LogP contribution is 2.18. The van der Waals surface area contributed by atoms with Crippen LogP contribution in [-0.2, 0) is 4.74 Å². The molecule has 0 fully saturated rings. The first-order chi connectivity index (χ1) is 11.5. The lowest BCUT2D eigenvalue weighted by atomic mass is 10.1. The number of nitrogens with one attached hydrogen (secondary N) is 1. The number of benzene rings is 2. The number of fused-ring (bicyclic) bond motifs is 1. The number of nitrogens with zero attached hydrogens (tertiary/aromatic N) is 1. The molecule has 0 aliphatic heterocycles. The van der Waals surface area contributed by atoms with Gasteiger partial charge in [0.15, 0.2) is 11.9 Å². The number of H-pyrrole nitrogens is 1. The number of para-hydroxylation sites is 1. The monoisotopic (exact) mass is 326 g/mol. The number of hydrogen-bond acceptors (Lipinski definition) is 4. The maximum Gasteiger partial charge on any atom is 0.339 e. The highest BCUT2D eigenvalue weighted by atomic mass is 19.1. The van der Waals surface area contributed by atoms with E-state index in [1.165, 1.54) is 12.1 Å². The average molecular weight is 326 g/mol. The van der Waals surface area contributed by atoms with Gasteiger partial charge in [0.25, 0.3) is 5.56 Å². The van der Waals surface area contributed by atoms with Crippen LogP contribution in [0.4, 0.5) is 4.39 Å². The van der Waals surface area contributed by atoms with Crippen molar-refractivity contribution in [3.05, 3.63) is 75.6 Å². The topological polar surface area (TPSA) is 72.0 Å². The van der Waals surface area contributed by atoms with Crippen molar-refractivity contribution in [2.24, 2.45) is 0 Å². The van der Waals surface area contributed by atoms with E-state index < -0.39 is 17.9 Å². The molecule has 3 aromatic rings. The highest BCUT2D eigenvalue weighted by Gasteiger charge is 2.18. The standard InChI is InChI=1S/C18H15FN2O3/c1-10-7-8-12(19)9-14(10)18(23)24-11(2)16-20-15-6-4-3-5-13(15)17(22)21-16/h3-9,11H,1-2H3,(H,20,21,22)/t11-/m0/s1. The van der Waals surface area contributed by atoms with E-state index in [0.29, 0.717) is 16.5 Å². The number of aromatic nitrogens is 2. The van der Waals surface area contributed by atoms with Crippen LogP contribution in [0.2, 0.25) is 0 Å². The van der Waals surface area contributed by atoms with Crippen LogP contribution in [0.15, 0.2) is 47.3 Å². The maximum absolute atomic E-state index is 13.3. The average Bonchev–Trinajstić information content (AvgIpc) is 2.57. The van der Waals surface area contributed by atoms with Crippen LogP contribution in [0.5, 0.6) is 0 Å². The van der Waals surface area contributed by atoms with Crippen LogP contribution >= 0.6 is 0 Å². The predicted molar refractivity (Wildman–Crippen MR) is 87.3 cm³/mol. The Morgan fingerprint density at radius 3 is 2.79 bits per heavy atom. The predicted octanol–water partition coefficient (Wildman–Crippen LogP) is 3.29. The van der Waals surface area contributed by atoms with Crippen LogP contribution in [0, 0.1) is 12.7 Å². The van der Waals surface area contributed by atoms with Gasteiger partial charge in [0, 0.05) is 0 Å². The zero-order valence-electron chi connectivity index (χ0n) is 13.2. The van der Waals surface area contributed by atoms with E-state index >= 15 is 0 Å². The van der Waals surface area contributed by atoms with Crippen LogP contribution < -0.4 is 5.56 Å². The van der Waals surface area contributed by atoms with E-state index in [9.17, 15) is 14.0 Å². The lowest BCUT2D eigenvalue weighted by Gasteiger charge is -2.14. The van der Waals surface area contributed by atoms with Crippen molar-refractivity contribution in [2.75, 3.05) is 0 Å². The smallest absolute Gasteiger partial charge is 0.339 e. The summed E-state index contributed by atoms with van der Waals surface area (Å²) in [5.74, 6) is -0.950. The fourth-order valence-corrected chi connectivity index (χ4v) is 2.39. The Balaban J connectivity index is 1.89. The molecule has 0 aliphatic carbocycles. The van der Waals surface area contributed by atoms with Gasteiger partial charge in [-0.05, 0) is 43.7 Å². The van der Waals surface area contributed by atoms with Crippen molar-refractivity contribution >= 4 is 16.9 Å². The van der Waals surface area contributed by atoms with E-state index in [0.717, 1.165) is 6.07 Å². The molecule has 122 valence electrons. The Labute approximate surface area is 137 Å². The summed E-state index contributed by atoms with van der Waals surface area (Å²) < 4.78 is 18.7. The number of halogens is 1. The highest BCUT2D eigenvalue weighted by molar-refractivity contribution is 5.91. The molecule has 1 atom stereocenters. The quantitative estimate of drug-likeness (QED) is 0.750. The molecule has 0 saturated heterocycles. The van der Waals surface area contributed by atoms with Crippen molar-refractivity contribution in [3.8, 4) is 0 Å². The third kappa shape index (κ3) is 3.03. The number of carbonyl (C=O) groups excluding carboxylic acids is 1.